The Morgan fingerprint density at radius 1 is 1.12 bits per heavy atom. The van der Waals surface area contributed by atoms with Crippen LogP contribution in [0.25, 0.3) is 10.9 Å². The molecule has 0 aliphatic rings. The Morgan fingerprint density at radius 2 is 1.88 bits per heavy atom. The van der Waals surface area contributed by atoms with E-state index in [2.05, 4.69) is 21.7 Å². The van der Waals surface area contributed by atoms with Crippen LogP contribution in [0, 0.1) is 18.3 Å². The van der Waals surface area contributed by atoms with Gasteiger partial charge in [-0.3, -0.25) is 9.78 Å². The van der Waals surface area contributed by atoms with E-state index >= 15 is 0 Å². The minimum atomic E-state index is -0.109. The molecule has 0 unspecified atom stereocenters. The van der Waals surface area contributed by atoms with E-state index in [0.717, 1.165) is 22.2 Å². The quantitative estimate of drug-likeness (QED) is 0.704. The third-order valence-corrected chi connectivity index (χ3v) is 3.92. The lowest BCUT2D eigenvalue weighted by Gasteiger charge is -2.12. The van der Waals surface area contributed by atoms with Gasteiger partial charge in [-0.05, 0) is 25.1 Å². The minimum Gasteiger partial charge on any atom is -0.382 e. The van der Waals surface area contributed by atoms with Gasteiger partial charge in [0.2, 0.25) is 0 Å². The van der Waals surface area contributed by atoms with E-state index in [1.165, 1.54) is 0 Å². The second-order valence-electron chi connectivity index (χ2n) is 5.72. The normalized spacial score (nSPS) is 10.2. The standard InChI is InChI=1S/C20H18N4O/c1-14-6-8-15(9-7-14)20(25)23-11-10-22-19-16(12-21)13-24-18-5-3-2-4-17(18)19/h2-9,13H,10-11H2,1H3,(H,22,24)(H,23,25). The van der Waals surface area contributed by atoms with Gasteiger partial charge >= 0.3 is 0 Å². The molecule has 25 heavy (non-hydrogen) atoms. The number of carbonyl (C=O) groups excluding carboxylic acids is 1. The van der Waals surface area contributed by atoms with Crippen molar-refractivity contribution in [2.24, 2.45) is 0 Å². The topological polar surface area (TPSA) is 77.8 Å². The summed E-state index contributed by atoms with van der Waals surface area (Å²) in [6.07, 6.45) is 1.57. The van der Waals surface area contributed by atoms with Crippen molar-refractivity contribution in [3.05, 3.63) is 71.4 Å². The molecule has 1 heterocycles. The number of para-hydroxylation sites is 1. The zero-order chi connectivity index (χ0) is 17.6. The molecule has 3 rings (SSSR count). The summed E-state index contributed by atoms with van der Waals surface area (Å²) in [7, 11) is 0. The third-order valence-electron chi connectivity index (χ3n) is 3.92. The molecule has 3 aromatic rings. The molecule has 124 valence electrons. The number of amides is 1. The first-order chi connectivity index (χ1) is 12.2. The van der Waals surface area contributed by atoms with Crippen LogP contribution in [0.15, 0.2) is 54.7 Å². The van der Waals surface area contributed by atoms with Crippen molar-refractivity contribution in [2.75, 3.05) is 18.4 Å². The van der Waals surface area contributed by atoms with Crippen molar-refractivity contribution >= 4 is 22.5 Å². The largest absolute Gasteiger partial charge is 0.382 e. The average molecular weight is 330 g/mol. The van der Waals surface area contributed by atoms with Gasteiger partial charge in [0.1, 0.15) is 6.07 Å². The van der Waals surface area contributed by atoms with Crippen LogP contribution in [0.2, 0.25) is 0 Å². The number of aryl methyl sites for hydroxylation is 1. The monoisotopic (exact) mass is 330 g/mol. The molecular weight excluding hydrogens is 312 g/mol. The van der Waals surface area contributed by atoms with Gasteiger partial charge in [-0.1, -0.05) is 35.9 Å². The molecule has 0 saturated heterocycles. The molecule has 2 N–H and O–H groups in total. The molecule has 5 heteroatoms. The summed E-state index contributed by atoms with van der Waals surface area (Å²) < 4.78 is 0. The van der Waals surface area contributed by atoms with E-state index in [-0.39, 0.29) is 5.91 Å². The van der Waals surface area contributed by atoms with Crippen LogP contribution in [0.4, 0.5) is 5.69 Å². The van der Waals surface area contributed by atoms with Crippen LogP contribution in [-0.4, -0.2) is 24.0 Å². The number of aromatic nitrogens is 1. The lowest BCUT2D eigenvalue weighted by Crippen LogP contribution is -2.28. The van der Waals surface area contributed by atoms with Crippen molar-refractivity contribution < 1.29 is 4.79 Å². The first-order valence-electron chi connectivity index (χ1n) is 8.05. The van der Waals surface area contributed by atoms with E-state index < -0.39 is 0 Å². The maximum Gasteiger partial charge on any atom is 0.251 e. The van der Waals surface area contributed by atoms with Gasteiger partial charge in [-0.15, -0.1) is 0 Å². The van der Waals surface area contributed by atoms with Crippen molar-refractivity contribution in [1.29, 1.82) is 5.26 Å². The number of fused-ring (bicyclic) bond motifs is 1. The van der Waals surface area contributed by atoms with E-state index in [9.17, 15) is 10.1 Å². The van der Waals surface area contributed by atoms with Gasteiger partial charge < -0.3 is 10.6 Å². The van der Waals surface area contributed by atoms with Crippen molar-refractivity contribution in [2.45, 2.75) is 6.92 Å². The molecule has 0 fully saturated rings. The number of pyridine rings is 1. The number of nitrogens with zero attached hydrogens (tertiary/aromatic N) is 2. The highest BCUT2D eigenvalue weighted by molar-refractivity contribution is 5.95. The van der Waals surface area contributed by atoms with Gasteiger partial charge in [0.25, 0.3) is 5.91 Å². The van der Waals surface area contributed by atoms with Gasteiger partial charge in [0.15, 0.2) is 0 Å². The Kier molecular flexibility index (Phi) is 4.91. The first-order valence-corrected chi connectivity index (χ1v) is 8.05. The second-order valence-corrected chi connectivity index (χ2v) is 5.72. The number of hydrogen-bond donors (Lipinski definition) is 2. The number of nitrogens with one attached hydrogen (secondary N) is 2. The molecule has 0 atom stereocenters. The molecule has 0 aliphatic heterocycles. The van der Waals surface area contributed by atoms with Crippen molar-refractivity contribution in [3.63, 3.8) is 0 Å². The summed E-state index contributed by atoms with van der Waals surface area (Å²) in [5.41, 5.74) is 3.82. The summed E-state index contributed by atoms with van der Waals surface area (Å²) in [5, 5.41) is 16.3. The highest BCUT2D eigenvalue weighted by Gasteiger charge is 2.08. The zero-order valence-electron chi connectivity index (χ0n) is 13.9. The number of hydrogen-bond acceptors (Lipinski definition) is 4. The summed E-state index contributed by atoms with van der Waals surface area (Å²) in [4.78, 5) is 16.4. The number of nitriles is 1. The molecule has 0 aliphatic carbocycles. The summed E-state index contributed by atoms with van der Waals surface area (Å²) in [6.45, 7) is 2.95. The van der Waals surface area contributed by atoms with Crippen LogP contribution in [0.1, 0.15) is 21.5 Å². The fourth-order valence-electron chi connectivity index (χ4n) is 2.59. The van der Waals surface area contributed by atoms with E-state index in [0.29, 0.717) is 24.2 Å². The highest BCUT2D eigenvalue weighted by Crippen LogP contribution is 2.24. The average Bonchev–Trinajstić information content (AvgIpc) is 2.65. The van der Waals surface area contributed by atoms with E-state index in [1.807, 2.05) is 55.5 Å². The highest BCUT2D eigenvalue weighted by atomic mass is 16.1. The molecular formula is C20H18N4O. The number of benzene rings is 2. The molecule has 2 aromatic carbocycles. The Bertz CT molecular complexity index is 942. The van der Waals surface area contributed by atoms with Crippen LogP contribution in [0.3, 0.4) is 0 Å². The molecule has 0 bridgehead atoms. The summed E-state index contributed by atoms with van der Waals surface area (Å²) >= 11 is 0. The predicted octanol–water partition coefficient (Wildman–Crippen LogP) is 3.26. The first kappa shape index (κ1) is 16.5. The lowest BCUT2D eigenvalue weighted by molar-refractivity contribution is 0.0955. The van der Waals surface area contributed by atoms with Crippen molar-refractivity contribution in [1.82, 2.24) is 10.3 Å². The molecule has 0 radical (unpaired) electrons. The number of anilines is 1. The molecule has 1 aromatic heterocycles. The maximum absolute atomic E-state index is 12.1. The third kappa shape index (κ3) is 3.75. The Morgan fingerprint density at radius 3 is 2.64 bits per heavy atom. The van der Waals surface area contributed by atoms with Crippen LogP contribution < -0.4 is 10.6 Å². The van der Waals surface area contributed by atoms with E-state index in [4.69, 9.17) is 0 Å². The summed E-state index contributed by atoms with van der Waals surface area (Å²) in [6, 6.07) is 17.2. The lowest BCUT2D eigenvalue weighted by atomic mass is 10.1. The molecule has 0 spiro atoms. The summed E-state index contributed by atoms with van der Waals surface area (Å²) in [5.74, 6) is -0.109. The fourth-order valence-corrected chi connectivity index (χ4v) is 2.59. The fraction of sp³-hybridized carbons (Fsp3) is 0.150. The molecule has 0 saturated carbocycles. The van der Waals surface area contributed by atoms with Crippen molar-refractivity contribution in [3.8, 4) is 6.07 Å². The Hall–Kier alpha value is -3.39. The molecule has 1 amide bonds. The van der Waals surface area contributed by atoms with Crippen LogP contribution >= 0.6 is 0 Å². The van der Waals surface area contributed by atoms with Gasteiger partial charge in [-0.2, -0.15) is 5.26 Å². The second kappa shape index (κ2) is 7.45. The molecule has 5 nitrogen and oxygen atoms in total. The van der Waals surface area contributed by atoms with Crippen LogP contribution in [-0.2, 0) is 0 Å². The minimum absolute atomic E-state index is 0.109. The Balaban J connectivity index is 1.64. The SMILES string of the molecule is Cc1ccc(C(=O)NCCNc2c(C#N)cnc3ccccc23)cc1. The zero-order valence-corrected chi connectivity index (χ0v) is 13.9. The van der Waals surface area contributed by atoms with Crippen LogP contribution in [0.5, 0.6) is 0 Å². The Labute approximate surface area is 146 Å². The number of carbonyl (C=O) groups is 1. The van der Waals surface area contributed by atoms with Gasteiger partial charge in [-0.25, -0.2) is 0 Å². The predicted molar refractivity (Wildman–Crippen MR) is 98.5 cm³/mol. The van der Waals surface area contributed by atoms with E-state index in [1.54, 1.807) is 6.20 Å². The maximum atomic E-state index is 12.1. The number of rotatable bonds is 5. The van der Waals surface area contributed by atoms with Gasteiger partial charge in [0, 0.05) is 30.2 Å². The smallest absolute Gasteiger partial charge is 0.251 e. The van der Waals surface area contributed by atoms with Gasteiger partial charge in [0.05, 0.1) is 16.8 Å².